The van der Waals surface area contributed by atoms with Crippen molar-refractivity contribution in [3.8, 4) is 0 Å². The predicted molar refractivity (Wildman–Crippen MR) is 92.4 cm³/mol. The number of hydrogen-bond acceptors (Lipinski definition) is 3. The zero-order valence-corrected chi connectivity index (χ0v) is 15.5. The first-order chi connectivity index (χ1) is 10.2. The molecule has 0 unspecified atom stereocenters. The molecule has 1 aromatic rings. The molecule has 0 radical (unpaired) electrons. The number of ether oxygens (including phenoxy) is 1. The fraction of sp³-hybridized carbons (Fsp3) is 0.667. The first-order valence-electron chi connectivity index (χ1n) is 8.25. The van der Waals surface area contributed by atoms with E-state index >= 15 is 0 Å². The lowest BCUT2D eigenvalue weighted by molar-refractivity contribution is 0.117. The van der Waals surface area contributed by atoms with Crippen LogP contribution < -0.4 is 0 Å². The summed E-state index contributed by atoms with van der Waals surface area (Å²) in [6.07, 6.45) is 1.25. The van der Waals surface area contributed by atoms with Crippen molar-refractivity contribution in [2.45, 2.75) is 70.1 Å². The van der Waals surface area contributed by atoms with Gasteiger partial charge in [0.2, 0.25) is 0 Å². The topological polar surface area (TPSA) is 42.0 Å². The fourth-order valence-electron chi connectivity index (χ4n) is 2.33. The van der Waals surface area contributed by atoms with Crippen LogP contribution in [0.25, 0.3) is 0 Å². The summed E-state index contributed by atoms with van der Waals surface area (Å²) in [5.41, 5.74) is 1.16. The van der Waals surface area contributed by atoms with Crippen LogP contribution in [0, 0.1) is 0 Å². The highest BCUT2D eigenvalue weighted by Crippen LogP contribution is 2.41. The van der Waals surface area contributed by atoms with Crippen LogP contribution in [-0.4, -0.2) is 32.2 Å². The third-order valence-corrected chi connectivity index (χ3v) is 9.48. The highest BCUT2D eigenvalue weighted by atomic mass is 28.4. The molecule has 2 rings (SSSR count). The maximum Gasteiger partial charge on any atom is 0.191 e. The third kappa shape index (κ3) is 4.41. The SMILES string of the molecule is CC(C)(C)[Si](C)(C)OCCC[C@@H](O)[C@H]1O[C@H]1c1ccccc1. The number of rotatable bonds is 7. The molecule has 1 aliphatic rings. The number of epoxide rings is 1. The van der Waals surface area contributed by atoms with Crippen LogP contribution in [-0.2, 0) is 9.16 Å². The smallest absolute Gasteiger partial charge is 0.191 e. The highest BCUT2D eigenvalue weighted by molar-refractivity contribution is 6.74. The van der Waals surface area contributed by atoms with E-state index < -0.39 is 14.4 Å². The second kappa shape index (κ2) is 6.83. The summed E-state index contributed by atoms with van der Waals surface area (Å²) in [7, 11) is -1.67. The quantitative estimate of drug-likeness (QED) is 0.462. The predicted octanol–water partition coefficient (Wildman–Crippen LogP) is 4.29. The number of benzene rings is 1. The van der Waals surface area contributed by atoms with Crippen LogP contribution in [0.1, 0.15) is 45.3 Å². The molecule has 1 fully saturated rings. The average Bonchev–Trinajstić information content (AvgIpc) is 3.23. The van der Waals surface area contributed by atoms with Gasteiger partial charge in [0.15, 0.2) is 8.32 Å². The summed E-state index contributed by atoms with van der Waals surface area (Å²) in [6, 6.07) is 10.1. The van der Waals surface area contributed by atoms with E-state index in [9.17, 15) is 5.11 Å². The van der Waals surface area contributed by atoms with Crippen LogP contribution in [0.2, 0.25) is 18.1 Å². The summed E-state index contributed by atoms with van der Waals surface area (Å²) in [4.78, 5) is 0. The molecule has 1 aliphatic heterocycles. The van der Waals surface area contributed by atoms with Gasteiger partial charge >= 0.3 is 0 Å². The molecule has 0 saturated carbocycles. The van der Waals surface area contributed by atoms with Gasteiger partial charge in [-0.15, -0.1) is 0 Å². The zero-order valence-electron chi connectivity index (χ0n) is 14.5. The van der Waals surface area contributed by atoms with E-state index in [2.05, 4.69) is 46.0 Å². The average molecular weight is 323 g/mol. The Bertz CT molecular complexity index is 467. The molecule has 0 amide bonds. The monoisotopic (exact) mass is 322 g/mol. The van der Waals surface area contributed by atoms with E-state index in [0.29, 0.717) is 0 Å². The Kier molecular flexibility index (Phi) is 5.48. The van der Waals surface area contributed by atoms with Gasteiger partial charge in [-0.05, 0) is 36.5 Å². The Labute approximate surface area is 135 Å². The number of hydrogen-bond donors (Lipinski definition) is 1. The van der Waals surface area contributed by atoms with Gasteiger partial charge in [-0.25, -0.2) is 0 Å². The molecular weight excluding hydrogens is 292 g/mol. The summed E-state index contributed by atoms with van der Waals surface area (Å²) in [5.74, 6) is 0. The highest BCUT2D eigenvalue weighted by Gasteiger charge is 2.45. The molecule has 22 heavy (non-hydrogen) atoms. The molecule has 3 atom stereocenters. The Morgan fingerprint density at radius 1 is 1.23 bits per heavy atom. The van der Waals surface area contributed by atoms with Gasteiger partial charge in [-0.3, -0.25) is 0 Å². The van der Waals surface area contributed by atoms with Gasteiger partial charge in [0.25, 0.3) is 0 Å². The lowest BCUT2D eigenvalue weighted by Crippen LogP contribution is -2.41. The van der Waals surface area contributed by atoms with Gasteiger partial charge < -0.3 is 14.3 Å². The lowest BCUT2D eigenvalue weighted by Gasteiger charge is -2.36. The summed E-state index contributed by atoms with van der Waals surface area (Å²) >= 11 is 0. The summed E-state index contributed by atoms with van der Waals surface area (Å²) < 4.78 is 11.8. The Morgan fingerprint density at radius 2 is 1.86 bits per heavy atom. The van der Waals surface area contributed by atoms with Crippen LogP contribution in [0.4, 0.5) is 0 Å². The maximum absolute atomic E-state index is 10.2. The Hall–Kier alpha value is -0.683. The zero-order chi connectivity index (χ0) is 16.4. The second-order valence-corrected chi connectivity index (χ2v) is 12.6. The molecular formula is C18H30O3Si. The maximum atomic E-state index is 10.2. The normalized spacial score (nSPS) is 23.4. The molecule has 1 N–H and O–H groups in total. The van der Waals surface area contributed by atoms with Crippen molar-refractivity contribution in [1.82, 2.24) is 0 Å². The number of aliphatic hydroxyl groups is 1. The first kappa shape index (κ1) is 17.7. The third-order valence-electron chi connectivity index (χ3n) is 4.95. The van der Waals surface area contributed by atoms with E-state index in [1.54, 1.807) is 0 Å². The second-order valence-electron chi connectivity index (χ2n) is 7.75. The minimum atomic E-state index is -1.67. The molecule has 0 aliphatic carbocycles. The number of aliphatic hydroxyl groups excluding tert-OH is 1. The molecule has 0 bridgehead atoms. The lowest BCUT2D eigenvalue weighted by atomic mass is 10.0. The molecule has 4 heteroatoms. The van der Waals surface area contributed by atoms with Crippen LogP contribution in [0.3, 0.4) is 0 Å². The molecule has 0 aromatic heterocycles. The van der Waals surface area contributed by atoms with Crippen molar-refractivity contribution in [1.29, 1.82) is 0 Å². The summed E-state index contributed by atoms with van der Waals surface area (Å²) in [6.45, 7) is 12.0. The fourth-order valence-corrected chi connectivity index (χ4v) is 3.42. The van der Waals surface area contributed by atoms with Crippen molar-refractivity contribution in [3.05, 3.63) is 35.9 Å². The van der Waals surface area contributed by atoms with E-state index in [4.69, 9.17) is 9.16 Å². The standard InChI is InChI=1S/C18H30O3Si/c1-18(2,3)22(4,5)20-13-9-12-15(19)17-16(21-17)14-10-7-6-8-11-14/h6-8,10-11,15-17,19H,9,12-13H2,1-5H3/t15-,16+,17-/m1/s1. The largest absolute Gasteiger partial charge is 0.417 e. The Morgan fingerprint density at radius 3 is 2.45 bits per heavy atom. The molecule has 3 nitrogen and oxygen atoms in total. The van der Waals surface area contributed by atoms with Crippen LogP contribution >= 0.6 is 0 Å². The van der Waals surface area contributed by atoms with Crippen molar-refractivity contribution in [3.63, 3.8) is 0 Å². The molecule has 1 aromatic carbocycles. The Balaban J connectivity index is 1.69. The van der Waals surface area contributed by atoms with Gasteiger partial charge in [0, 0.05) is 6.61 Å². The van der Waals surface area contributed by atoms with E-state index in [0.717, 1.165) is 25.0 Å². The van der Waals surface area contributed by atoms with Crippen LogP contribution in [0.5, 0.6) is 0 Å². The molecule has 1 saturated heterocycles. The van der Waals surface area contributed by atoms with Gasteiger partial charge in [0.1, 0.15) is 12.2 Å². The summed E-state index contributed by atoms with van der Waals surface area (Å²) in [5, 5.41) is 10.5. The van der Waals surface area contributed by atoms with Gasteiger partial charge in [-0.2, -0.15) is 0 Å². The molecule has 0 spiro atoms. The van der Waals surface area contributed by atoms with Crippen molar-refractivity contribution >= 4 is 8.32 Å². The minimum absolute atomic E-state index is 0.0460. The van der Waals surface area contributed by atoms with Gasteiger partial charge in [0.05, 0.1) is 6.10 Å². The first-order valence-corrected chi connectivity index (χ1v) is 11.2. The van der Waals surface area contributed by atoms with E-state index in [1.165, 1.54) is 0 Å². The van der Waals surface area contributed by atoms with Crippen molar-refractivity contribution in [2.75, 3.05) is 6.61 Å². The van der Waals surface area contributed by atoms with E-state index in [-0.39, 0.29) is 17.2 Å². The minimum Gasteiger partial charge on any atom is -0.417 e. The van der Waals surface area contributed by atoms with Crippen molar-refractivity contribution < 1.29 is 14.3 Å². The molecule has 124 valence electrons. The molecule has 1 heterocycles. The van der Waals surface area contributed by atoms with Gasteiger partial charge in [-0.1, -0.05) is 51.1 Å². The van der Waals surface area contributed by atoms with Crippen LogP contribution in [0.15, 0.2) is 30.3 Å². The van der Waals surface area contributed by atoms with Crippen molar-refractivity contribution in [2.24, 2.45) is 0 Å². The van der Waals surface area contributed by atoms with E-state index in [1.807, 2.05) is 18.2 Å².